The number of nitrogens with one attached hydrogen (secondary N) is 1. The van der Waals surface area contributed by atoms with Crippen LogP contribution in [0.25, 0.3) is 0 Å². The van der Waals surface area contributed by atoms with Crippen molar-refractivity contribution in [2.24, 2.45) is 5.92 Å². The van der Waals surface area contributed by atoms with Crippen molar-refractivity contribution in [3.05, 3.63) is 21.3 Å². The van der Waals surface area contributed by atoms with Gasteiger partial charge in [-0.3, -0.25) is 0 Å². The first kappa shape index (κ1) is 11.4. The molecule has 15 heavy (non-hydrogen) atoms. The molecule has 0 amide bonds. The lowest BCUT2D eigenvalue weighted by Gasteiger charge is -2.12. The minimum atomic E-state index is 0.631. The summed E-state index contributed by atoms with van der Waals surface area (Å²) in [4.78, 5) is 1.40. The number of hydrogen-bond acceptors (Lipinski definition) is 2. The maximum absolute atomic E-state index is 5.89. The molecule has 1 aliphatic rings. The van der Waals surface area contributed by atoms with Crippen LogP contribution in [0, 0.1) is 5.92 Å². The molecule has 1 nitrogen and oxygen atoms in total. The van der Waals surface area contributed by atoms with Crippen LogP contribution in [-0.2, 0) is 6.42 Å². The van der Waals surface area contributed by atoms with E-state index in [1.807, 2.05) is 6.07 Å². The molecule has 1 fully saturated rings. The van der Waals surface area contributed by atoms with Gasteiger partial charge in [0.1, 0.15) is 0 Å². The van der Waals surface area contributed by atoms with E-state index in [1.165, 1.54) is 30.7 Å². The van der Waals surface area contributed by atoms with Crippen LogP contribution >= 0.6 is 22.9 Å². The van der Waals surface area contributed by atoms with Crippen molar-refractivity contribution >= 4 is 22.9 Å². The number of thiophene rings is 1. The summed E-state index contributed by atoms with van der Waals surface area (Å²) in [6.07, 6.45) is 5.22. The quantitative estimate of drug-likeness (QED) is 0.803. The van der Waals surface area contributed by atoms with Gasteiger partial charge in [0.25, 0.3) is 0 Å². The monoisotopic (exact) mass is 243 g/mol. The van der Waals surface area contributed by atoms with E-state index < -0.39 is 0 Å². The van der Waals surface area contributed by atoms with E-state index in [2.05, 4.69) is 18.3 Å². The molecule has 1 saturated carbocycles. The number of aryl methyl sites for hydroxylation is 1. The second kappa shape index (κ2) is 5.33. The van der Waals surface area contributed by atoms with Crippen molar-refractivity contribution in [3.63, 3.8) is 0 Å². The second-order valence-electron chi connectivity index (χ2n) is 4.50. The van der Waals surface area contributed by atoms with Gasteiger partial charge < -0.3 is 5.32 Å². The van der Waals surface area contributed by atoms with Crippen molar-refractivity contribution in [3.8, 4) is 0 Å². The summed E-state index contributed by atoms with van der Waals surface area (Å²) < 4.78 is 0.906. The Hall–Kier alpha value is -0.0500. The van der Waals surface area contributed by atoms with Gasteiger partial charge in [-0.15, -0.1) is 11.3 Å². The highest BCUT2D eigenvalue weighted by Crippen LogP contribution is 2.28. The van der Waals surface area contributed by atoms with Gasteiger partial charge >= 0.3 is 0 Å². The van der Waals surface area contributed by atoms with E-state index in [0.717, 1.165) is 16.7 Å². The fraction of sp³-hybridized carbons (Fsp3) is 0.667. The fourth-order valence-electron chi connectivity index (χ4n) is 1.64. The number of hydrogen-bond donors (Lipinski definition) is 1. The third-order valence-corrected chi connectivity index (χ3v) is 4.20. The van der Waals surface area contributed by atoms with E-state index in [1.54, 1.807) is 11.3 Å². The predicted octanol–water partition coefficient (Wildman–Crippen LogP) is 3.72. The Morgan fingerprint density at radius 1 is 1.53 bits per heavy atom. The molecule has 1 aromatic rings. The summed E-state index contributed by atoms with van der Waals surface area (Å²) in [6.45, 7) is 3.49. The topological polar surface area (TPSA) is 12.0 Å². The summed E-state index contributed by atoms with van der Waals surface area (Å²) in [6, 6.07) is 4.76. The van der Waals surface area contributed by atoms with Crippen LogP contribution in [0.4, 0.5) is 0 Å². The standard InChI is InChI=1S/C12H18ClNS/c1-9(14-8-10-3-4-10)2-5-11-6-7-12(13)15-11/h6-7,9-10,14H,2-5,8H2,1H3. The highest BCUT2D eigenvalue weighted by molar-refractivity contribution is 7.16. The first-order chi connectivity index (χ1) is 7.24. The van der Waals surface area contributed by atoms with Crippen LogP contribution in [0.3, 0.4) is 0 Å². The van der Waals surface area contributed by atoms with Gasteiger partial charge in [-0.2, -0.15) is 0 Å². The van der Waals surface area contributed by atoms with Crippen molar-refractivity contribution in [1.82, 2.24) is 5.32 Å². The molecular weight excluding hydrogens is 226 g/mol. The molecule has 1 heterocycles. The minimum Gasteiger partial charge on any atom is -0.314 e. The molecular formula is C12H18ClNS. The lowest BCUT2D eigenvalue weighted by molar-refractivity contribution is 0.500. The van der Waals surface area contributed by atoms with E-state index in [4.69, 9.17) is 11.6 Å². The third kappa shape index (κ3) is 4.13. The van der Waals surface area contributed by atoms with Crippen molar-refractivity contribution in [2.45, 2.75) is 38.6 Å². The lowest BCUT2D eigenvalue weighted by atomic mass is 10.1. The molecule has 1 aliphatic carbocycles. The summed E-state index contributed by atoms with van der Waals surface area (Å²) in [5, 5.41) is 3.59. The fourth-order valence-corrected chi connectivity index (χ4v) is 2.74. The van der Waals surface area contributed by atoms with Crippen LogP contribution in [-0.4, -0.2) is 12.6 Å². The second-order valence-corrected chi connectivity index (χ2v) is 6.30. The molecule has 1 aromatic heterocycles. The zero-order valence-electron chi connectivity index (χ0n) is 9.13. The molecule has 0 saturated heterocycles. The Kier molecular flexibility index (Phi) is 4.06. The van der Waals surface area contributed by atoms with Crippen LogP contribution in [0.5, 0.6) is 0 Å². The summed E-state index contributed by atoms with van der Waals surface area (Å²) in [5.74, 6) is 0.976. The molecule has 0 aliphatic heterocycles. The molecule has 2 rings (SSSR count). The zero-order chi connectivity index (χ0) is 10.7. The van der Waals surface area contributed by atoms with Crippen LogP contribution < -0.4 is 5.32 Å². The van der Waals surface area contributed by atoms with Crippen LogP contribution in [0.1, 0.15) is 31.1 Å². The molecule has 0 bridgehead atoms. The molecule has 0 radical (unpaired) electrons. The Balaban J connectivity index is 1.63. The summed E-state index contributed by atoms with van der Waals surface area (Å²) in [7, 11) is 0. The Labute approximate surface area is 101 Å². The number of halogens is 1. The van der Waals surface area contributed by atoms with Crippen LogP contribution in [0.15, 0.2) is 12.1 Å². The number of rotatable bonds is 6. The van der Waals surface area contributed by atoms with Crippen molar-refractivity contribution < 1.29 is 0 Å². The van der Waals surface area contributed by atoms with Gasteiger partial charge in [-0.25, -0.2) is 0 Å². The summed E-state index contributed by atoms with van der Waals surface area (Å²) in [5.41, 5.74) is 0. The molecule has 1 N–H and O–H groups in total. The highest BCUT2D eigenvalue weighted by Gasteiger charge is 2.21. The normalized spacial score (nSPS) is 18.0. The SMILES string of the molecule is CC(CCc1ccc(Cl)s1)NCC1CC1. The Morgan fingerprint density at radius 2 is 2.33 bits per heavy atom. The Morgan fingerprint density at radius 3 is 2.93 bits per heavy atom. The van der Waals surface area contributed by atoms with Gasteiger partial charge in [0.2, 0.25) is 0 Å². The minimum absolute atomic E-state index is 0.631. The van der Waals surface area contributed by atoms with Crippen LogP contribution in [0.2, 0.25) is 4.34 Å². The van der Waals surface area contributed by atoms with Gasteiger partial charge in [-0.05, 0) is 57.2 Å². The molecule has 0 spiro atoms. The van der Waals surface area contributed by atoms with E-state index in [9.17, 15) is 0 Å². The summed E-state index contributed by atoms with van der Waals surface area (Å²) >= 11 is 7.59. The zero-order valence-corrected chi connectivity index (χ0v) is 10.7. The van der Waals surface area contributed by atoms with E-state index in [0.29, 0.717) is 6.04 Å². The predicted molar refractivity (Wildman–Crippen MR) is 67.8 cm³/mol. The largest absolute Gasteiger partial charge is 0.314 e. The molecule has 84 valence electrons. The van der Waals surface area contributed by atoms with Gasteiger partial charge in [0, 0.05) is 10.9 Å². The average molecular weight is 244 g/mol. The molecule has 3 heteroatoms. The van der Waals surface area contributed by atoms with Gasteiger partial charge in [0.15, 0.2) is 0 Å². The van der Waals surface area contributed by atoms with E-state index >= 15 is 0 Å². The van der Waals surface area contributed by atoms with E-state index in [-0.39, 0.29) is 0 Å². The molecule has 1 atom stereocenters. The van der Waals surface area contributed by atoms with Gasteiger partial charge in [0.05, 0.1) is 4.34 Å². The molecule has 1 unspecified atom stereocenters. The smallest absolute Gasteiger partial charge is 0.0931 e. The first-order valence-electron chi connectivity index (χ1n) is 5.71. The third-order valence-electron chi connectivity index (χ3n) is 2.90. The average Bonchev–Trinajstić information content (AvgIpc) is 2.95. The molecule has 0 aromatic carbocycles. The first-order valence-corrected chi connectivity index (χ1v) is 6.91. The maximum Gasteiger partial charge on any atom is 0.0931 e. The Bertz CT molecular complexity index is 306. The van der Waals surface area contributed by atoms with Gasteiger partial charge in [-0.1, -0.05) is 11.6 Å². The van der Waals surface area contributed by atoms with Crippen molar-refractivity contribution in [2.75, 3.05) is 6.54 Å². The highest BCUT2D eigenvalue weighted by atomic mass is 35.5. The lowest BCUT2D eigenvalue weighted by Crippen LogP contribution is -2.28. The van der Waals surface area contributed by atoms with Crippen molar-refractivity contribution in [1.29, 1.82) is 0 Å². The maximum atomic E-state index is 5.89.